The molecule has 0 aliphatic rings. The summed E-state index contributed by atoms with van der Waals surface area (Å²) in [7, 11) is 1.90. The molecule has 1 atom stereocenters. The van der Waals surface area contributed by atoms with Gasteiger partial charge < -0.3 is 4.74 Å². The maximum Gasteiger partial charge on any atom is 0.189 e. The Kier molecular flexibility index (Phi) is 6.67. The molecule has 0 bridgehead atoms. The quantitative estimate of drug-likeness (QED) is 0.219. The van der Waals surface area contributed by atoms with Gasteiger partial charge in [-0.15, -0.1) is 0 Å². The van der Waals surface area contributed by atoms with E-state index < -0.39 is 13.0 Å². The minimum absolute atomic E-state index is 0.241. The molecule has 4 heterocycles. The number of ether oxygens (including phenoxy) is 1. The lowest BCUT2D eigenvalue weighted by Gasteiger charge is -2.16. The highest BCUT2D eigenvalue weighted by Gasteiger charge is 2.23. The highest BCUT2D eigenvalue weighted by Crippen LogP contribution is 2.37. The van der Waals surface area contributed by atoms with Crippen molar-refractivity contribution >= 4 is 21.9 Å². The van der Waals surface area contributed by atoms with Gasteiger partial charge >= 0.3 is 0 Å². The number of hydrogen-bond acceptors (Lipinski definition) is 5. The van der Waals surface area contributed by atoms with Gasteiger partial charge in [0.25, 0.3) is 0 Å². The number of rotatable bonds is 8. The molecule has 0 spiro atoms. The minimum Gasteiger partial charge on any atom is -0.341 e. The summed E-state index contributed by atoms with van der Waals surface area (Å²) in [4.78, 5) is 4.75. The van der Waals surface area contributed by atoms with Crippen LogP contribution in [0.25, 0.3) is 38.9 Å². The van der Waals surface area contributed by atoms with Crippen molar-refractivity contribution in [3.8, 4) is 16.9 Å². The van der Waals surface area contributed by atoms with Crippen LogP contribution in [0.4, 0.5) is 4.39 Å². The maximum absolute atomic E-state index is 13.3. The molecule has 0 unspecified atom stereocenters. The van der Waals surface area contributed by atoms with Gasteiger partial charge in [-0.05, 0) is 37.5 Å². The average Bonchev–Trinajstić information content (AvgIpc) is 3.61. The average molecular weight is 538 g/mol. The van der Waals surface area contributed by atoms with E-state index >= 15 is 0 Å². The van der Waals surface area contributed by atoms with Gasteiger partial charge in [0.15, 0.2) is 12.5 Å². The first kappa shape index (κ1) is 25.9. The summed E-state index contributed by atoms with van der Waals surface area (Å²) in [5, 5.41) is 16.4. The Morgan fingerprint density at radius 2 is 1.75 bits per heavy atom. The molecule has 0 aliphatic heterocycles. The lowest BCUT2D eigenvalue weighted by atomic mass is 9.95. The number of pyridine rings is 1. The molecule has 0 fully saturated rings. The molecule has 0 aliphatic carbocycles. The van der Waals surface area contributed by atoms with Crippen LogP contribution in [0.2, 0.25) is 0 Å². The van der Waals surface area contributed by atoms with Gasteiger partial charge in [-0.25, -0.2) is 14.1 Å². The molecule has 0 amide bonds. The molecule has 9 heteroatoms. The number of aryl methyl sites for hydroxylation is 2. The predicted octanol–water partition coefficient (Wildman–Crippen LogP) is 6.60. The zero-order chi connectivity index (χ0) is 28.0. The van der Waals surface area contributed by atoms with Crippen LogP contribution in [-0.4, -0.2) is 41.2 Å². The summed E-state index contributed by atoms with van der Waals surface area (Å²) in [6, 6.07) is 17.9. The summed E-state index contributed by atoms with van der Waals surface area (Å²) in [6.07, 6.45) is 3.53. The van der Waals surface area contributed by atoms with Gasteiger partial charge in [0, 0.05) is 47.0 Å². The van der Waals surface area contributed by atoms with Crippen molar-refractivity contribution in [1.29, 1.82) is 0 Å². The van der Waals surface area contributed by atoms with Crippen LogP contribution in [0.1, 0.15) is 48.4 Å². The number of benzene rings is 2. The lowest BCUT2D eigenvalue weighted by molar-refractivity contribution is -0.0159. The van der Waals surface area contributed by atoms with Gasteiger partial charge in [0.1, 0.15) is 6.10 Å². The Bertz CT molecular complexity index is 1820. The van der Waals surface area contributed by atoms with E-state index in [1.807, 2.05) is 78.2 Å². The molecule has 0 N–H and O–H groups in total. The van der Waals surface area contributed by atoms with Crippen LogP contribution < -0.4 is 0 Å². The second-order valence-corrected chi connectivity index (χ2v) is 10.5. The van der Waals surface area contributed by atoms with Crippen LogP contribution in [0, 0.1) is 13.8 Å². The van der Waals surface area contributed by atoms with E-state index in [0.717, 1.165) is 55.8 Å². The summed E-state index contributed by atoms with van der Waals surface area (Å²) in [5.74, 6) is 0.241. The fraction of sp³-hybridized carbons (Fsp3) is 0.290. The third-order valence-corrected chi connectivity index (χ3v) is 7.38. The number of hydrogen-bond donors (Lipinski definition) is 0. The molecule has 4 aromatic heterocycles. The second kappa shape index (κ2) is 10.3. The Labute approximate surface area is 232 Å². The summed E-state index contributed by atoms with van der Waals surface area (Å²) >= 11 is 0. The number of fused-ring (bicyclic) bond motifs is 2. The third-order valence-electron chi connectivity index (χ3n) is 7.38. The van der Waals surface area contributed by atoms with Crippen molar-refractivity contribution in [2.45, 2.75) is 46.3 Å². The Morgan fingerprint density at radius 1 is 0.950 bits per heavy atom. The molecule has 6 aromatic rings. The zero-order valence-electron chi connectivity index (χ0n) is 23.3. The van der Waals surface area contributed by atoms with E-state index in [0.29, 0.717) is 6.54 Å². The van der Waals surface area contributed by atoms with Crippen molar-refractivity contribution < 1.29 is 9.13 Å². The molecule has 0 saturated carbocycles. The number of alkyl halides is 1. The molecular weight excluding hydrogens is 505 g/mol. The highest BCUT2D eigenvalue weighted by atomic mass is 19.1. The number of nitrogens with zero attached hydrogens (tertiary/aromatic N) is 7. The number of aromatic nitrogens is 7. The molecule has 8 nitrogen and oxygen atoms in total. The van der Waals surface area contributed by atoms with Gasteiger partial charge in [-0.2, -0.15) is 15.3 Å². The molecule has 6 rings (SSSR count). The fourth-order valence-electron chi connectivity index (χ4n) is 5.57. The molecule has 0 saturated heterocycles. The van der Waals surface area contributed by atoms with Crippen molar-refractivity contribution in [3.63, 3.8) is 0 Å². The standard InChI is InChI=1S/C31H32FN7O/c1-19(2)29-21(4)39(27-14-23-15-37(5)36-31(23)33-20(27)3)35-30(29)24-12-9-13-26-25(24)16-38(34-26)17-28(40-18-32)22-10-7-6-8-11-22/h6-16,19,28H,17-18H2,1-5H3/t28-/m0/s1. The molecular formula is C31H32FN7O. The van der Waals surface area contributed by atoms with Crippen molar-refractivity contribution in [1.82, 2.24) is 34.3 Å². The van der Waals surface area contributed by atoms with Gasteiger partial charge in [-0.3, -0.25) is 9.36 Å². The highest BCUT2D eigenvalue weighted by molar-refractivity contribution is 5.94. The first-order chi connectivity index (χ1) is 19.3. The van der Waals surface area contributed by atoms with Crippen LogP contribution in [-0.2, 0) is 18.3 Å². The Hall–Kier alpha value is -4.37. The summed E-state index contributed by atoms with van der Waals surface area (Å²) in [5.41, 5.74) is 8.45. The lowest BCUT2D eigenvalue weighted by Crippen LogP contribution is -2.12. The van der Waals surface area contributed by atoms with Crippen molar-refractivity contribution in [2.24, 2.45) is 7.05 Å². The summed E-state index contributed by atoms with van der Waals surface area (Å²) < 4.78 is 24.3. The van der Waals surface area contributed by atoms with Crippen LogP contribution in [0.3, 0.4) is 0 Å². The van der Waals surface area contributed by atoms with E-state index in [2.05, 4.69) is 38.0 Å². The van der Waals surface area contributed by atoms with E-state index in [-0.39, 0.29) is 5.92 Å². The first-order valence-electron chi connectivity index (χ1n) is 13.4. The smallest absolute Gasteiger partial charge is 0.189 e. The zero-order valence-corrected chi connectivity index (χ0v) is 23.3. The largest absolute Gasteiger partial charge is 0.341 e. The molecule has 204 valence electrons. The third kappa shape index (κ3) is 4.56. The predicted molar refractivity (Wildman–Crippen MR) is 154 cm³/mol. The molecule has 2 aromatic carbocycles. The Balaban J connectivity index is 1.46. The fourth-order valence-corrected chi connectivity index (χ4v) is 5.57. The van der Waals surface area contributed by atoms with Crippen LogP contribution >= 0.6 is 0 Å². The van der Waals surface area contributed by atoms with E-state index in [1.165, 1.54) is 5.56 Å². The van der Waals surface area contributed by atoms with E-state index in [1.54, 1.807) is 4.68 Å². The topological polar surface area (TPSA) is 75.6 Å². The number of halogens is 1. The van der Waals surface area contributed by atoms with E-state index in [4.69, 9.17) is 19.9 Å². The van der Waals surface area contributed by atoms with Crippen LogP contribution in [0.5, 0.6) is 0 Å². The summed E-state index contributed by atoms with van der Waals surface area (Å²) in [6.45, 7) is 8.01. The van der Waals surface area contributed by atoms with Crippen molar-refractivity contribution in [2.75, 3.05) is 6.86 Å². The van der Waals surface area contributed by atoms with Gasteiger partial charge in [0.05, 0.1) is 29.1 Å². The maximum atomic E-state index is 13.3. The Morgan fingerprint density at radius 3 is 2.50 bits per heavy atom. The first-order valence-corrected chi connectivity index (χ1v) is 13.4. The molecule has 0 radical (unpaired) electrons. The second-order valence-electron chi connectivity index (χ2n) is 10.5. The van der Waals surface area contributed by atoms with Gasteiger partial charge in [-0.1, -0.05) is 56.3 Å². The van der Waals surface area contributed by atoms with Gasteiger partial charge in [0.2, 0.25) is 0 Å². The normalized spacial score (nSPS) is 12.7. The SMILES string of the molecule is Cc1nc2nn(C)cc2cc1-n1nc(-c2cccc3nn(C[C@H](OCF)c4ccccc4)cc23)c(C(C)C)c1C. The minimum atomic E-state index is -0.862. The van der Waals surface area contributed by atoms with E-state index in [9.17, 15) is 4.39 Å². The van der Waals surface area contributed by atoms with Crippen molar-refractivity contribution in [3.05, 3.63) is 89.5 Å². The monoisotopic (exact) mass is 537 g/mol. The van der Waals surface area contributed by atoms with Crippen LogP contribution in [0.15, 0.2) is 67.0 Å². The molecule has 40 heavy (non-hydrogen) atoms.